The summed E-state index contributed by atoms with van der Waals surface area (Å²) >= 11 is 0. The van der Waals surface area contributed by atoms with Crippen molar-refractivity contribution in [3.8, 4) is 0 Å². The van der Waals surface area contributed by atoms with E-state index in [1.54, 1.807) is 5.57 Å². The van der Waals surface area contributed by atoms with Crippen LogP contribution in [0.4, 0.5) is 0 Å². The molecule has 1 nitrogen and oxygen atoms in total. The quantitative estimate of drug-likeness (QED) is 0.554. The summed E-state index contributed by atoms with van der Waals surface area (Å²) in [6, 6.07) is 0. The van der Waals surface area contributed by atoms with E-state index in [1.165, 1.54) is 51.4 Å². The molecule has 1 fully saturated rings. The van der Waals surface area contributed by atoms with E-state index in [1.807, 2.05) is 0 Å². The number of ether oxygens (including phenoxy) is 1. The van der Waals surface area contributed by atoms with E-state index in [0.717, 1.165) is 25.0 Å². The summed E-state index contributed by atoms with van der Waals surface area (Å²) in [4.78, 5) is 0. The molecule has 92 valence electrons. The van der Waals surface area contributed by atoms with Crippen LogP contribution >= 0.6 is 0 Å². The second-order valence-electron chi connectivity index (χ2n) is 5.55. The van der Waals surface area contributed by atoms with Gasteiger partial charge in [-0.3, -0.25) is 0 Å². The summed E-state index contributed by atoms with van der Waals surface area (Å²) < 4.78 is 5.68. The van der Waals surface area contributed by atoms with Gasteiger partial charge >= 0.3 is 0 Å². The second-order valence-corrected chi connectivity index (χ2v) is 5.55. The Hall–Kier alpha value is -0.300. The lowest BCUT2D eigenvalue weighted by atomic mass is 9.85. The fourth-order valence-corrected chi connectivity index (χ4v) is 3.13. The van der Waals surface area contributed by atoms with E-state index in [-0.39, 0.29) is 0 Å². The first-order valence-corrected chi connectivity index (χ1v) is 7.12. The van der Waals surface area contributed by atoms with Crippen LogP contribution in [0, 0.1) is 11.8 Å². The van der Waals surface area contributed by atoms with Crippen molar-refractivity contribution in [3.05, 3.63) is 11.6 Å². The minimum Gasteiger partial charge on any atom is -0.381 e. The molecular weight excluding hydrogens is 196 g/mol. The molecule has 2 unspecified atom stereocenters. The first-order chi connectivity index (χ1) is 7.88. The number of hydrogen-bond donors (Lipinski definition) is 0. The Labute approximate surface area is 100 Å². The van der Waals surface area contributed by atoms with Gasteiger partial charge in [0.2, 0.25) is 0 Å². The lowest BCUT2D eigenvalue weighted by molar-refractivity contribution is 0.181. The number of hydrogen-bond acceptors (Lipinski definition) is 1. The van der Waals surface area contributed by atoms with Crippen LogP contribution < -0.4 is 0 Å². The fourth-order valence-electron chi connectivity index (χ4n) is 3.13. The lowest BCUT2D eigenvalue weighted by Crippen LogP contribution is -2.14. The maximum absolute atomic E-state index is 5.68. The van der Waals surface area contributed by atoms with E-state index < -0.39 is 0 Å². The van der Waals surface area contributed by atoms with Crippen LogP contribution in [0.1, 0.15) is 58.3 Å². The van der Waals surface area contributed by atoms with Crippen LogP contribution in [0.15, 0.2) is 11.6 Å². The summed E-state index contributed by atoms with van der Waals surface area (Å²) in [7, 11) is 0. The van der Waals surface area contributed by atoms with E-state index >= 15 is 0 Å². The summed E-state index contributed by atoms with van der Waals surface area (Å²) in [5.74, 6) is 1.55. The molecule has 2 aliphatic rings. The van der Waals surface area contributed by atoms with Gasteiger partial charge in [0.1, 0.15) is 0 Å². The van der Waals surface area contributed by atoms with Crippen molar-refractivity contribution < 1.29 is 4.74 Å². The molecular formula is C15H26O. The third-order valence-electron chi connectivity index (χ3n) is 4.28. The Kier molecular flexibility index (Phi) is 4.90. The molecule has 1 saturated heterocycles. The molecule has 0 saturated carbocycles. The average Bonchev–Trinajstić information content (AvgIpc) is 2.73. The predicted molar refractivity (Wildman–Crippen MR) is 68.5 cm³/mol. The van der Waals surface area contributed by atoms with Gasteiger partial charge in [-0.25, -0.2) is 0 Å². The molecule has 16 heavy (non-hydrogen) atoms. The molecule has 0 aromatic carbocycles. The highest BCUT2D eigenvalue weighted by Crippen LogP contribution is 2.32. The highest BCUT2D eigenvalue weighted by atomic mass is 16.5. The molecule has 0 amide bonds. The first kappa shape index (κ1) is 12.2. The van der Waals surface area contributed by atoms with Crippen LogP contribution in [0.25, 0.3) is 0 Å². The van der Waals surface area contributed by atoms with Gasteiger partial charge in [-0.05, 0) is 32.1 Å². The normalized spacial score (nSPS) is 33.4. The van der Waals surface area contributed by atoms with Crippen molar-refractivity contribution in [2.24, 2.45) is 11.8 Å². The van der Waals surface area contributed by atoms with E-state index in [9.17, 15) is 0 Å². The Balaban J connectivity index is 1.95. The minimum absolute atomic E-state index is 0.736. The van der Waals surface area contributed by atoms with Gasteiger partial charge in [0.15, 0.2) is 0 Å². The first-order valence-electron chi connectivity index (χ1n) is 7.12. The van der Waals surface area contributed by atoms with Crippen molar-refractivity contribution in [3.63, 3.8) is 0 Å². The Morgan fingerprint density at radius 3 is 2.62 bits per heavy atom. The maximum Gasteiger partial charge on any atom is 0.0535 e. The molecule has 0 radical (unpaired) electrons. The van der Waals surface area contributed by atoms with Gasteiger partial charge in [0.05, 0.1) is 13.2 Å². The van der Waals surface area contributed by atoms with Gasteiger partial charge < -0.3 is 4.74 Å². The molecule has 1 heteroatoms. The highest BCUT2D eigenvalue weighted by molar-refractivity contribution is 5.07. The lowest BCUT2D eigenvalue weighted by Gasteiger charge is -2.19. The number of fused-ring (bicyclic) bond motifs is 1. The molecule has 0 bridgehead atoms. The van der Waals surface area contributed by atoms with Crippen LogP contribution in [-0.2, 0) is 4.74 Å². The molecule has 1 aliphatic heterocycles. The summed E-state index contributed by atoms with van der Waals surface area (Å²) in [5.41, 5.74) is 1.60. The molecule has 1 heterocycles. The Morgan fingerprint density at radius 2 is 1.75 bits per heavy atom. The molecule has 0 spiro atoms. The molecule has 2 atom stereocenters. The van der Waals surface area contributed by atoms with Gasteiger partial charge in [-0.15, -0.1) is 0 Å². The van der Waals surface area contributed by atoms with Gasteiger partial charge in [0.25, 0.3) is 0 Å². The number of allylic oxidation sites excluding steroid dienone is 1. The maximum atomic E-state index is 5.68. The average molecular weight is 222 g/mol. The molecule has 2 rings (SSSR count). The second kappa shape index (κ2) is 6.44. The highest BCUT2D eigenvalue weighted by Gasteiger charge is 2.28. The standard InChI is InChI=1S/C15H26O/c1-13-9-7-5-3-2-4-6-8-10-14-11-16-12-15(13)14/h9,14-15H,2-8,10-12H2,1H3. The zero-order valence-electron chi connectivity index (χ0n) is 10.7. The minimum atomic E-state index is 0.736. The van der Waals surface area contributed by atoms with Crippen LogP contribution in [0.3, 0.4) is 0 Å². The van der Waals surface area contributed by atoms with Gasteiger partial charge in [0, 0.05) is 5.92 Å². The van der Waals surface area contributed by atoms with Crippen molar-refractivity contribution in [2.75, 3.05) is 13.2 Å². The monoisotopic (exact) mass is 222 g/mol. The molecule has 0 aromatic rings. The summed E-state index contributed by atoms with van der Waals surface area (Å²) in [6.45, 7) is 4.31. The van der Waals surface area contributed by atoms with Crippen LogP contribution in [0.2, 0.25) is 0 Å². The SMILES string of the molecule is CC1=CCCCCCCCCC2COCC12. The Morgan fingerprint density at radius 1 is 1.00 bits per heavy atom. The largest absolute Gasteiger partial charge is 0.381 e. The van der Waals surface area contributed by atoms with Crippen molar-refractivity contribution in [1.29, 1.82) is 0 Å². The topological polar surface area (TPSA) is 9.23 Å². The summed E-state index contributed by atoms with van der Waals surface area (Å²) in [5, 5.41) is 0. The number of rotatable bonds is 0. The predicted octanol–water partition coefficient (Wildman–Crippen LogP) is 4.33. The van der Waals surface area contributed by atoms with E-state index in [2.05, 4.69) is 13.0 Å². The molecule has 0 N–H and O–H groups in total. The van der Waals surface area contributed by atoms with Crippen molar-refractivity contribution in [1.82, 2.24) is 0 Å². The van der Waals surface area contributed by atoms with E-state index in [4.69, 9.17) is 4.74 Å². The third-order valence-corrected chi connectivity index (χ3v) is 4.28. The van der Waals surface area contributed by atoms with Crippen LogP contribution in [-0.4, -0.2) is 13.2 Å². The van der Waals surface area contributed by atoms with Gasteiger partial charge in [-0.1, -0.05) is 43.8 Å². The molecule has 1 aliphatic carbocycles. The fraction of sp³-hybridized carbons (Fsp3) is 0.867. The van der Waals surface area contributed by atoms with Crippen molar-refractivity contribution >= 4 is 0 Å². The smallest absolute Gasteiger partial charge is 0.0535 e. The van der Waals surface area contributed by atoms with Crippen molar-refractivity contribution in [2.45, 2.75) is 58.3 Å². The third kappa shape index (κ3) is 3.35. The van der Waals surface area contributed by atoms with Gasteiger partial charge in [-0.2, -0.15) is 0 Å². The Bertz CT molecular complexity index is 232. The van der Waals surface area contributed by atoms with Crippen LogP contribution in [0.5, 0.6) is 0 Å². The van der Waals surface area contributed by atoms with E-state index in [0.29, 0.717) is 0 Å². The zero-order chi connectivity index (χ0) is 11.2. The molecule has 0 aromatic heterocycles. The zero-order valence-corrected chi connectivity index (χ0v) is 10.7. The summed E-state index contributed by atoms with van der Waals surface area (Å²) in [6.07, 6.45) is 13.7.